The molecule has 0 fully saturated rings. The molecule has 28 heavy (non-hydrogen) atoms. The minimum absolute atomic E-state index is 0.862. The van der Waals surface area contributed by atoms with E-state index in [2.05, 4.69) is 0 Å². The van der Waals surface area contributed by atoms with E-state index < -0.39 is 61.5 Å². The molecule has 0 aromatic heterocycles. The average molecular weight is 520 g/mol. The van der Waals surface area contributed by atoms with Gasteiger partial charge in [-0.2, -0.15) is 0 Å². The van der Waals surface area contributed by atoms with Crippen LogP contribution in [0.2, 0.25) is 0 Å². The topological polar surface area (TPSA) is 190 Å². The summed E-state index contributed by atoms with van der Waals surface area (Å²) in [4.78, 5) is 34.1. The SMILES string of the molecule is CC(C)(S[As](SC(C)(C)[C@H](N)C(=O)O)SC(C)(C)[C@H](N)C(=O)O)[C@H](N)C(=O)O. The van der Waals surface area contributed by atoms with Crippen molar-refractivity contribution in [3.05, 3.63) is 0 Å². The molecule has 3 atom stereocenters. The summed E-state index contributed by atoms with van der Waals surface area (Å²) in [6.07, 6.45) is 0. The van der Waals surface area contributed by atoms with E-state index in [0.717, 1.165) is 0 Å². The molecule has 164 valence electrons. The third-order valence-corrected chi connectivity index (χ3v) is 25.3. The molecule has 0 rings (SSSR count). The van der Waals surface area contributed by atoms with Crippen molar-refractivity contribution < 1.29 is 29.7 Å². The van der Waals surface area contributed by atoms with E-state index in [1.54, 1.807) is 41.5 Å². The summed E-state index contributed by atoms with van der Waals surface area (Å²) in [5.74, 6) is -3.45. The van der Waals surface area contributed by atoms with Crippen molar-refractivity contribution in [1.82, 2.24) is 0 Å². The van der Waals surface area contributed by atoms with Crippen LogP contribution in [0.4, 0.5) is 0 Å². The molecule has 9 nitrogen and oxygen atoms in total. The number of hydrogen-bond acceptors (Lipinski definition) is 9. The van der Waals surface area contributed by atoms with E-state index in [4.69, 9.17) is 17.2 Å². The van der Waals surface area contributed by atoms with Gasteiger partial charge in [-0.25, -0.2) is 0 Å². The van der Waals surface area contributed by atoms with Crippen LogP contribution in [0.5, 0.6) is 0 Å². The second-order valence-electron chi connectivity index (χ2n) is 7.76. The molecule has 0 radical (unpaired) electrons. The Hall–Kier alpha value is -0.102. The number of nitrogens with two attached hydrogens (primary N) is 3. The molecule has 0 aromatic carbocycles. The zero-order valence-corrected chi connectivity index (χ0v) is 21.0. The Bertz CT molecular complexity index is 525. The molecule has 0 amide bonds. The third-order valence-electron chi connectivity index (χ3n) is 3.97. The molecule has 13 heteroatoms. The molecule has 0 saturated heterocycles. The van der Waals surface area contributed by atoms with E-state index in [1.165, 1.54) is 30.1 Å². The van der Waals surface area contributed by atoms with Gasteiger partial charge in [0.1, 0.15) is 0 Å². The Morgan fingerprint density at radius 2 is 0.821 bits per heavy atom. The first-order chi connectivity index (χ1) is 12.3. The molecule has 9 N–H and O–H groups in total. The number of hydrogen-bond donors (Lipinski definition) is 6. The number of carboxylic acids is 3. The molecule has 0 unspecified atom stereocenters. The summed E-state index contributed by atoms with van der Waals surface area (Å²) in [5, 5.41) is 27.9. The number of carbonyl (C=O) groups is 3. The van der Waals surface area contributed by atoms with Crippen LogP contribution < -0.4 is 17.2 Å². The van der Waals surface area contributed by atoms with Crippen LogP contribution in [0.15, 0.2) is 0 Å². The van der Waals surface area contributed by atoms with Gasteiger partial charge in [-0.15, -0.1) is 0 Å². The zero-order chi connectivity index (χ0) is 22.7. The first kappa shape index (κ1) is 27.9. The third kappa shape index (κ3) is 7.96. The van der Waals surface area contributed by atoms with Gasteiger partial charge < -0.3 is 0 Å². The normalized spacial score (nSPS) is 16.5. The molecule has 0 aliphatic heterocycles. The van der Waals surface area contributed by atoms with E-state index in [0.29, 0.717) is 0 Å². The van der Waals surface area contributed by atoms with Crippen molar-refractivity contribution in [3.63, 3.8) is 0 Å². The Morgan fingerprint density at radius 1 is 0.643 bits per heavy atom. The molecule has 0 aromatic rings. The fourth-order valence-corrected chi connectivity index (χ4v) is 33.4. The maximum atomic E-state index is 11.4. The fourth-order valence-electron chi connectivity index (χ4n) is 1.69. The molecular formula is C15H30AsN3O6S3. The van der Waals surface area contributed by atoms with Crippen molar-refractivity contribution >= 4 is 59.2 Å². The molecule has 0 aliphatic carbocycles. The molecule has 0 saturated carbocycles. The van der Waals surface area contributed by atoms with Gasteiger partial charge in [-0.3, -0.25) is 0 Å². The van der Waals surface area contributed by atoms with Crippen molar-refractivity contribution in [2.45, 2.75) is 73.9 Å². The van der Waals surface area contributed by atoms with Crippen LogP contribution in [0.25, 0.3) is 0 Å². The zero-order valence-electron chi connectivity index (χ0n) is 16.7. The fraction of sp³-hybridized carbons (Fsp3) is 0.800. The van der Waals surface area contributed by atoms with E-state index in [9.17, 15) is 29.7 Å². The second kappa shape index (κ2) is 10.3. The summed E-state index contributed by atoms with van der Waals surface area (Å²) >= 11 is -2.27. The van der Waals surface area contributed by atoms with Crippen LogP contribution in [-0.2, 0) is 14.4 Å². The number of aliphatic carboxylic acids is 3. The second-order valence-corrected chi connectivity index (χ2v) is 25.1. The molecule has 0 spiro atoms. The summed E-state index contributed by atoms with van der Waals surface area (Å²) in [6, 6.07) is -3.45. The Balaban J connectivity index is 5.81. The predicted octanol–water partition coefficient (Wildman–Crippen LogP) is 0.742. The Kier molecular flexibility index (Phi) is 10.2. The van der Waals surface area contributed by atoms with Crippen LogP contribution in [-0.4, -0.2) is 76.8 Å². The molecule has 0 heterocycles. The van der Waals surface area contributed by atoms with Crippen LogP contribution >= 0.6 is 30.1 Å². The number of rotatable bonds is 12. The van der Waals surface area contributed by atoms with Gasteiger partial charge in [0.25, 0.3) is 0 Å². The van der Waals surface area contributed by atoms with Gasteiger partial charge >= 0.3 is 180 Å². The summed E-state index contributed by atoms with van der Waals surface area (Å²) in [6.45, 7) is 10.2. The molecule has 0 aliphatic rings. The van der Waals surface area contributed by atoms with Crippen molar-refractivity contribution in [3.8, 4) is 0 Å². The van der Waals surface area contributed by atoms with E-state index in [-0.39, 0.29) is 0 Å². The van der Waals surface area contributed by atoms with Gasteiger partial charge in [0, 0.05) is 0 Å². The van der Waals surface area contributed by atoms with E-state index in [1.807, 2.05) is 0 Å². The Morgan fingerprint density at radius 3 is 0.964 bits per heavy atom. The van der Waals surface area contributed by atoms with Crippen molar-refractivity contribution in [1.29, 1.82) is 0 Å². The minimum atomic E-state index is -2.27. The summed E-state index contributed by atoms with van der Waals surface area (Å²) < 4.78 is -2.59. The number of carboxylic acid groups (broad SMARTS) is 3. The summed E-state index contributed by atoms with van der Waals surface area (Å²) in [7, 11) is 4.09. The quantitative estimate of drug-likeness (QED) is 0.199. The predicted molar refractivity (Wildman–Crippen MR) is 118 cm³/mol. The van der Waals surface area contributed by atoms with Gasteiger partial charge in [-0.05, 0) is 0 Å². The Labute approximate surface area is 179 Å². The maximum absolute atomic E-state index is 11.4. The average Bonchev–Trinajstić information content (AvgIpc) is 2.50. The van der Waals surface area contributed by atoms with Gasteiger partial charge in [0.2, 0.25) is 0 Å². The van der Waals surface area contributed by atoms with Crippen molar-refractivity contribution in [2.24, 2.45) is 17.2 Å². The van der Waals surface area contributed by atoms with Gasteiger partial charge in [0.05, 0.1) is 0 Å². The molecular weight excluding hydrogens is 489 g/mol. The van der Waals surface area contributed by atoms with Crippen LogP contribution in [0.1, 0.15) is 41.5 Å². The first-order valence-corrected chi connectivity index (χ1v) is 17.4. The molecule has 0 bridgehead atoms. The van der Waals surface area contributed by atoms with Crippen LogP contribution in [0.3, 0.4) is 0 Å². The van der Waals surface area contributed by atoms with Gasteiger partial charge in [0.15, 0.2) is 0 Å². The van der Waals surface area contributed by atoms with Gasteiger partial charge in [-0.1, -0.05) is 0 Å². The summed E-state index contributed by atoms with van der Waals surface area (Å²) in [5.41, 5.74) is 17.5. The first-order valence-electron chi connectivity index (χ1n) is 8.18. The standard InChI is InChI=1S/C15H30AsN3O6S3/c1-13(2,7(17)10(20)21)26-16(27-14(3,4)8(18)11(22)23)28-15(5,6)9(19)12(24)25/h7-9H,17-19H2,1-6H3,(H,20,21)(H,22,23)(H,24,25)/t7-,8-,9-/m1/s1. The van der Waals surface area contributed by atoms with Crippen molar-refractivity contribution in [2.75, 3.05) is 0 Å². The van der Waals surface area contributed by atoms with E-state index >= 15 is 0 Å². The van der Waals surface area contributed by atoms with Crippen LogP contribution in [0, 0.1) is 0 Å². The monoisotopic (exact) mass is 519 g/mol.